The highest BCUT2D eigenvalue weighted by atomic mass is 32.1. The quantitative estimate of drug-likeness (QED) is 0.781. The van der Waals surface area contributed by atoms with E-state index in [1.54, 1.807) is 29.8 Å². The normalized spacial score (nSPS) is 15.0. The first-order valence-corrected chi connectivity index (χ1v) is 10.2. The van der Waals surface area contributed by atoms with Crippen molar-refractivity contribution in [3.8, 4) is 6.07 Å². The Kier molecular flexibility index (Phi) is 6.74. The van der Waals surface area contributed by atoms with Gasteiger partial charge in [0.2, 0.25) is 5.91 Å². The molecule has 2 amide bonds. The van der Waals surface area contributed by atoms with Crippen LogP contribution < -0.4 is 10.6 Å². The number of nitrogens with zero attached hydrogens (tertiary/aromatic N) is 3. The minimum absolute atomic E-state index is 0.0472. The second-order valence-corrected chi connectivity index (χ2v) is 7.67. The number of aromatic nitrogens is 1. The van der Waals surface area contributed by atoms with Crippen LogP contribution >= 0.6 is 11.3 Å². The van der Waals surface area contributed by atoms with Gasteiger partial charge in [0.15, 0.2) is 0 Å². The van der Waals surface area contributed by atoms with Gasteiger partial charge in [-0.15, -0.1) is 11.3 Å². The minimum atomic E-state index is -0.0983. The highest BCUT2D eigenvalue weighted by molar-refractivity contribution is 7.11. The largest absolute Gasteiger partial charge is 0.348 e. The summed E-state index contributed by atoms with van der Waals surface area (Å²) in [5, 5.41) is 15.0. The second kappa shape index (κ2) is 9.44. The van der Waals surface area contributed by atoms with Crippen LogP contribution in [0.4, 0.5) is 5.69 Å². The summed E-state index contributed by atoms with van der Waals surface area (Å²) in [5.41, 5.74) is 3.47. The number of hydrogen-bond donors (Lipinski definition) is 2. The Balaban J connectivity index is 1.40. The van der Waals surface area contributed by atoms with Crippen molar-refractivity contribution in [1.29, 1.82) is 5.26 Å². The maximum atomic E-state index is 12.3. The molecule has 28 heavy (non-hydrogen) atoms. The topological polar surface area (TPSA) is 98.1 Å². The van der Waals surface area contributed by atoms with Gasteiger partial charge in [-0.05, 0) is 31.9 Å². The lowest BCUT2D eigenvalue weighted by Gasteiger charge is -2.32. The van der Waals surface area contributed by atoms with E-state index >= 15 is 0 Å². The van der Waals surface area contributed by atoms with Gasteiger partial charge in [0, 0.05) is 32.1 Å². The van der Waals surface area contributed by atoms with Crippen LogP contribution in [-0.2, 0) is 4.79 Å². The number of anilines is 1. The second-order valence-electron chi connectivity index (χ2n) is 6.81. The monoisotopic (exact) mass is 397 g/mol. The van der Waals surface area contributed by atoms with Crippen molar-refractivity contribution in [1.82, 2.24) is 15.2 Å². The number of hydrogen-bond acceptors (Lipinski definition) is 6. The molecule has 1 aliphatic heterocycles. The van der Waals surface area contributed by atoms with Crippen molar-refractivity contribution in [2.24, 2.45) is 0 Å². The number of piperidine rings is 1. The number of nitriles is 1. The molecule has 1 fully saturated rings. The van der Waals surface area contributed by atoms with E-state index in [2.05, 4.69) is 26.6 Å². The van der Waals surface area contributed by atoms with Crippen LogP contribution in [0.3, 0.4) is 0 Å². The molecular weight excluding hydrogens is 374 g/mol. The van der Waals surface area contributed by atoms with E-state index in [0.29, 0.717) is 29.1 Å². The number of carbonyl (C=O) groups excluding carboxylic acids is 2. The third-order valence-electron chi connectivity index (χ3n) is 4.85. The number of thiazole rings is 1. The Morgan fingerprint density at radius 1 is 1.32 bits per heavy atom. The van der Waals surface area contributed by atoms with Crippen LogP contribution in [0.2, 0.25) is 0 Å². The van der Waals surface area contributed by atoms with Crippen molar-refractivity contribution in [3.05, 3.63) is 45.9 Å². The fourth-order valence-corrected chi connectivity index (χ4v) is 3.94. The molecule has 146 valence electrons. The smallest absolute Gasteiger partial charge is 0.263 e. The van der Waals surface area contributed by atoms with Crippen molar-refractivity contribution < 1.29 is 9.59 Å². The maximum Gasteiger partial charge on any atom is 0.263 e. The summed E-state index contributed by atoms with van der Waals surface area (Å²) in [6, 6.07) is 9.21. The highest BCUT2D eigenvalue weighted by Crippen LogP contribution is 2.16. The Morgan fingerprint density at radius 2 is 2.07 bits per heavy atom. The van der Waals surface area contributed by atoms with E-state index in [-0.39, 0.29) is 17.9 Å². The third-order valence-corrected chi connectivity index (χ3v) is 5.78. The van der Waals surface area contributed by atoms with Crippen LogP contribution in [0.1, 0.15) is 40.2 Å². The summed E-state index contributed by atoms with van der Waals surface area (Å²) in [7, 11) is 0. The first-order chi connectivity index (χ1) is 13.6. The SMILES string of the molecule is Cc1ncsc1C(=O)NC1CCN(CCC(=O)Nc2ccccc2C#N)CC1. The van der Waals surface area contributed by atoms with Gasteiger partial charge >= 0.3 is 0 Å². The number of amides is 2. The molecule has 0 radical (unpaired) electrons. The number of likely N-dealkylation sites (tertiary alicyclic amines) is 1. The molecule has 0 saturated carbocycles. The lowest BCUT2D eigenvalue weighted by atomic mass is 10.0. The molecule has 8 heteroatoms. The number of aryl methyl sites for hydroxylation is 1. The van der Waals surface area contributed by atoms with Gasteiger partial charge in [0.05, 0.1) is 22.5 Å². The molecule has 3 rings (SSSR count). The summed E-state index contributed by atoms with van der Waals surface area (Å²) in [4.78, 5) is 31.5. The van der Waals surface area contributed by atoms with Crippen LogP contribution in [0, 0.1) is 18.3 Å². The van der Waals surface area contributed by atoms with Gasteiger partial charge in [-0.3, -0.25) is 9.59 Å². The van der Waals surface area contributed by atoms with Gasteiger partial charge in [0.1, 0.15) is 10.9 Å². The molecule has 1 aliphatic rings. The number of rotatable bonds is 6. The average molecular weight is 398 g/mol. The summed E-state index contributed by atoms with van der Waals surface area (Å²) in [6.07, 6.45) is 2.10. The molecule has 0 aliphatic carbocycles. The molecule has 1 saturated heterocycles. The predicted octanol–water partition coefficient (Wildman–Crippen LogP) is 2.55. The van der Waals surface area contributed by atoms with Crippen molar-refractivity contribution >= 4 is 28.8 Å². The summed E-state index contributed by atoms with van der Waals surface area (Å²) in [5.74, 6) is -0.146. The van der Waals surface area contributed by atoms with Gasteiger partial charge in [-0.2, -0.15) is 5.26 Å². The Hall–Kier alpha value is -2.76. The molecule has 0 unspecified atom stereocenters. The number of nitrogens with one attached hydrogen (secondary N) is 2. The molecule has 2 heterocycles. The first-order valence-electron chi connectivity index (χ1n) is 9.29. The third kappa shape index (κ3) is 5.15. The molecule has 2 N–H and O–H groups in total. The highest BCUT2D eigenvalue weighted by Gasteiger charge is 2.22. The molecule has 2 aromatic rings. The molecule has 0 bridgehead atoms. The number of carbonyl (C=O) groups is 2. The Morgan fingerprint density at radius 3 is 2.75 bits per heavy atom. The summed E-state index contributed by atoms with van der Waals surface area (Å²) in [6.45, 7) is 4.19. The van der Waals surface area contributed by atoms with E-state index < -0.39 is 0 Å². The van der Waals surface area contributed by atoms with Crippen LogP contribution in [0.15, 0.2) is 29.8 Å². The van der Waals surface area contributed by atoms with E-state index in [9.17, 15) is 9.59 Å². The molecule has 1 aromatic carbocycles. The van der Waals surface area contributed by atoms with Crippen LogP contribution in [0.25, 0.3) is 0 Å². The van der Waals surface area contributed by atoms with Crippen LogP contribution in [0.5, 0.6) is 0 Å². The molecule has 1 aromatic heterocycles. The molecule has 7 nitrogen and oxygen atoms in total. The van der Waals surface area contributed by atoms with E-state index in [1.165, 1.54) is 11.3 Å². The van der Waals surface area contributed by atoms with Crippen molar-refractivity contribution in [3.63, 3.8) is 0 Å². The first kappa shape index (κ1) is 20.0. The minimum Gasteiger partial charge on any atom is -0.348 e. The molecular formula is C20H23N5O2S. The zero-order valence-electron chi connectivity index (χ0n) is 15.8. The summed E-state index contributed by atoms with van der Waals surface area (Å²) < 4.78 is 0. The van der Waals surface area contributed by atoms with Crippen LogP contribution in [-0.4, -0.2) is 47.4 Å². The predicted molar refractivity (Wildman–Crippen MR) is 108 cm³/mol. The standard InChI is InChI=1S/C20H23N5O2S/c1-14-19(28-13-22-14)20(27)23-16-6-9-25(10-7-16)11-8-18(26)24-17-5-3-2-4-15(17)12-21/h2-5,13,16H,6-11H2,1H3,(H,23,27)(H,24,26). The van der Waals surface area contributed by atoms with Crippen molar-refractivity contribution in [2.75, 3.05) is 25.0 Å². The fourth-order valence-electron chi connectivity index (χ4n) is 3.23. The number of para-hydroxylation sites is 1. The zero-order valence-corrected chi connectivity index (χ0v) is 16.6. The van der Waals surface area contributed by atoms with Gasteiger partial charge in [-0.1, -0.05) is 12.1 Å². The number of benzene rings is 1. The zero-order chi connectivity index (χ0) is 19.9. The summed E-state index contributed by atoms with van der Waals surface area (Å²) >= 11 is 1.36. The lowest BCUT2D eigenvalue weighted by Crippen LogP contribution is -2.45. The fraction of sp³-hybridized carbons (Fsp3) is 0.400. The molecule has 0 atom stereocenters. The lowest BCUT2D eigenvalue weighted by molar-refractivity contribution is -0.116. The van der Waals surface area contributed by atoms with Crippen molar-refractivity contribution in [2.45, 2.75) is 32.2 Å². The van der Waals surface area contributed by atoms with Gasteiger partial charge in [-0.25, -0.2) is 4.98 Å². The molecule has 0 spiro atoms. The van der Waals surface area contributed by atoms with E-state index in [1.807, 2.05) is 6.92 Å². The Labute approximate surface area is 168 Å². The maximum absolute atomic E-state index is 12.3. The van der Waals surface area contributed by atoms with Gasteiger partial charge in [0.25, 0.3) is 5.91 Å². The average Bonchev–Trinajstić information content (AvgIpc) is 3.14. The van der Waals surface area contributed by atoms with Gasteiger partial charge < -0.3 is 15.5 Å². The van der Waals surface area contributed by atoms with E-state index in [4.69, 9.17) is 5.26 Å². The van der Waals surface area contributed by atoms with E-state index in [0.717, 1.165) is 31.6 Å². The Bertz CT molecular complexity index is 881.